The maximum absolute atomic E-state index is 13.4. The molecule has 9 heteroatoms. The number of amides is 2. The number of nitrogens with one attached hydrogen (secondary N) is 2. The molecule has 4 aromatic carbocycles. The first-order chi connectivity index (χ1) is 20.5. The quantitative estimate of drug-likeness (QED) is 0.219. The monoisotopic (exact) mass is 582 g/mol. The van der Waals surface area contributed by atoms with Crippen molar-refractivity contribution < 1.29 is 23.2 Å². The van der Waals surface area contributed by atoms with Crippen LogP contribution in [0.15, 0.2) is 84.9 Å². The molecule has 0 unspecified atom stereocenters. The van der Waals surface area contributed by atoms with Gasteiger partial charge in [0.2, 0.25) is 5.91 Å². The Labute approximate surface area is 249 Å². The minimum Gasteiger partial charge on any atom is -0.378 e. The van der Waals surface area contributed by atoms with Gasteiger partial charge in [0.05, 0.1) is 6.42 Å². The van der Waals surface area contributed by atoms with Gasteiger partial charge in [0.15, 0.2) is 0 Å². The number of hydrogen-bond acceptors (Lipinski definition) is 5. The molecule has 2 heterocycles. The Kier molecular flexibility index (Phi) is 9.67. The summed E-state index contributed by atoms with van der Waals surface area (Å²) in [6.45, 7) is 0. The summed E-state index contributed by atoms with van der Waals surface area (Å²) in [5.41, 5.74) is 7.04. The lowest BCUT2D eigenvalue weighted by Crippen LogP contribution is -2.08. The molecule has 0 spiro atoms. The van der Waals surface area contributed by atoms with E-state index in [0.29, 0.717) is 23.2 Å². The number of carbonyl (C=O) groups excluding carboxylic acids is 3. The van der Waals surface area contributed by atoms with E-state index in [1.165, 1.54) is 24.3 Å². The van der Waals surface area contributed by atoms with E-state index in [1.54, 1.807) is 18.2 Å². The Morgan fingerprint density at radius 2 is 1.21 bits per heavy atom. The minimum absolute atomic E-state index is 0.0643. The first kappa shape index (κ1) is 30.6. The van der Waals surface area contributed by atoms with Crippen LogP contribution in [-0.2, 0) is 16.0 Å². The van der Waals surface area contributed by atoms with Crippen LogP contribution in [0.1, 0.15) is 27.0 Å². The van der Waals surface area contributed by atoms with Gasteiger partial charge in [0.1, 0.15) is 17.9 Å². The van der Waals surface area contributed by atoms with Crippen LogP contribution in [0.5, 0.6) is 0 Å². The number of rotatable bonds is 4. The normalized spacial score (nSPS) is 13.4. The SMILES string of the molecule is CN(C)c1ccc(/C=C2\C(=O)Nc3ccc(F)cc32)cc1.CN(C)c1ccc(C=O)cc1.O=C1Cc2cc(F)ccc2N1. The second-order valence-corrected chi connectivity index (χ2v) is 10.3. The Bertz CT molecular complexity index is 1660. The lowest BCUT2D eigenvalue weighted by molar-refractivity contribution is -0.115. The molecule has 0 radical (unpaired) electrons. The van der Waals surface area contributed by atoms with Crippen LogP contribution in [0.4, 0.5) is 31.5 Å². The van der Waals surface area contributed by atoms with E-state index < -0.39 is 0 Å². The third-order valence-corrected chi connectivity index (χ3v) is 6.72. The Hall–Kier alpha value is -5.31. The minimum atomic E-state index is -0.348. The highest BCUT2D eigenvalue weighted by atomic mass is 19.1. The standard InChI is InChI=1S/C17H15FN2O.C9H11NO.C8H6FNO/c1-20(2)13-6-3-11(4-7-13)9-15-14-10-12(18)5-8-16(14)19-17(15)21;1-10(2)9-5-3-8(7-11)4-6-9;9-6-1-2-7-5(3-6)4-8(11)10-7/h3-10H,1-2H3,(H,19,21);3-7H,1-2H3;1-3H,4H2,(H,10,11)/b15-9-;;. The van der Waals surface area contributed by atoms with E-state index >= 15 is 0 Å². The van der Waals surface area contributed by atoms with Crippen molar-refractivity contribution in [3.8, 4) is 0 Å². The number of hydrogen-bond donors (Lipinski definition) is 2. The van der Waals surface area contributed by atoms with Gasteiger partial charge in [0, 0.05) is 67.6 Å². The van der Waals surface area contributed by atoms with Gasteiger partial charge in [-0.3, -0.25) is 14.4 Å². The van der Waals surface area contributed by atoms with Gasteiger partial charge in [0.25, 0.3) is 5.91 Å². The van der Waals surface area contributed by atoms with E-state index in [-0.39, 0.29) is 23.4 Å². The smallest absolute Gasteiger partial charge is 0.256 e. The highest BCUT2D eigenvalue weighted by molar-refractivity contribution is 6.34. The second-order valence-electron chi connectivity index (χ2n) is 10.3. The van der Waals surface area contributed by atoms with Crippen molar-refractivity contribution in [1.82, 2.24) is 0 Å². The maximum Gasteiger partial charge on any atom is 0.256 e. The summed E-state index contributed by atoms with van der Waals surface area (Å²) in [7, 11) is 7.87. The van der Waals surface area contributed by atoms with Crippen molar-refractivity contribution in [3.05, 3.63) is 119 Å². The molecule has 0 saturated carbocycles. The molecule has 0 saturated heterocycles. The molecule has 2 N–H and O–H groups in total. The van der Waals surface area contributed by atoms with Crippen molar-refractivity contribution >= 4 is 52.5 Å². The fourth-order valence-corrected chi connectivity index (χ4v) is 4.39. The van der Waals surface area contributed by atoms with E-state index in [2.05, 4.69) is 10.6 Å². The summed E-state index contributed by atoms with van der Waals surface area (Å²) in [6, 6.07) is 23.9. The molecule has 0 aliphatic carbocycles. The Balaban J connectivity index is 0.000000162. The molecule has 4 aromatic rings. The van der Waals surface area contributed by atoms with Crippen molar-refractivity contribution in [2.24, 2.45) is 0 Å². The Morgan fingerprint density at radius 3 is 1.77 bits per heavy atom. The topological polar surface area (TPSA) is 81.8 Å². The van der Waals surface area contributed by atoms with Crippen LogP contribution in [0.25, 0.3) is 11.6 Å². The van der Waals surface area contributed by atoms with E-state index in [4.69, 9.17) is 0 Å². The van der Waals surface area contributed by atoms with E-state index in [9.17, 15) is 23.2 Å². The fraction of sp³-hybridized carbons (Fsp3) is 0.147. The summed E-state index contributed by atoms with van der Waals surface area (Å²) in [5, 5.41) is 5.36. The lowest BCUT2D eigenvalue weighted by Gasteiger charge is -2.11. The van der Waals surface area contributed by atoms with Gasteiger partial charge in [-0.25, -0.2) is 8.78 Å². The van der Waals surface area contributed by atoms with Crippen LogP contribution >= 0.6 is 0 Å². The van der Waals surface area contributed by atoms with Crippen molar-refractivity contribution in [2.75, 3.05) is 48.6 Å². The largest absolute Gasteiger partial charge is 0.378 e. The van der Waals surface area contributed by atoms with Crippen molar-refractivity contribution in [2.45, 2.75) is 6.42 Å². The number of nitrogens with zero attached hydrogens (tertiary/aromatic N) is 2. The second kappa shape index (κ2) is 13.6. The van der Waals surface area contributed by atoms with Gasteiger partial charge >= 0.3 is 0 Å². The number of carbonyl (C=O) groups is 3. The molecule has 0 bridgehead atoms. The van der Waals surface area contributed by atoms with E-state index in [0.717, 1.165) is 40.0 Å². The summed E-state index contributed by atoms with van der Waals surface area (Å²) < 4.78 is 25.9. The zero-order valence-corrected chi connectivity index (χ0v) is 24.3. The first-order valence-electron chi connectivity index (χ1n) is 13.4. The highest BCUT2D eigenvalue weighted by Gasteiger charge is 2.24. The van der Waals surface area contributed by atoms with E-state index in [1.807, 2.05) is 86.5 Å². The molecule has 6 rings (SSSR count). The number of halogens is 2. The molecule has 2 aliphatic heterocycles. The highest BCUT2D eigenvalue weighted by Crippen LogP contribution is 2.33. The average molecular weight is 583 g/mol. The molecule has 43 heavy (non-hydrogen) atoms. The molecule has 0 aromatic heterocycles. The fourth-order valence-electron chi connectivity index (χ4n) is 4.39. The van der Waals surface area contributed by atoms with Gasteiger partial charge in [-0.05, 0) is 90.0 Å². The molecule has 0 atom stereocenters. The predicted octanol–water partition coefficient (Wildman–Crippen LogP) is 6.27. The van der Waals surface area contributed by atoms with Gasteiger partial charge < -0.3 is 20.4 Å². The number of aldehydes is 1. The number of anilines is 4. The van der Waals surface area contributed by atoms with Crippen LogP contribution in [-0.4, -0.2) is 46.3 Å². The molecule has 7 nitrogen and oxygen atoms in total. The summed E-state index contributed by atoms with van der Waals surface area (Å²) in [4.78, 5) is 37.1. The van der Waals surface area contributed by atoms with Crippen LogP contribution in [0.3, 0.4) is 0 Å². The molecular formula is C34H32F2N4O3. The zero-order chi connectivity index (χ0) is 31.1. The molecule has 2 aliphatic rings. The number of fused-ring (bicyclic) bond motifs is 2. The number of benzene rings is 4. The average Bonchev–Trinajstić information content (AvgIpc) is 3.51. The van der Waals surface area contributed by atoms with Crippen LogP contribution in [0.2, 0.25) is 0 Å². The van der Waals surface area contributed by atoms with Crippen molar-refractivity contribution in [1.29, 1.82) is 0 Å². The molecule has 2 amide bonds. The molecule has 220 valence electrons. The summed E-state index contributed by atoms with van der Waals surface area (Å²) >= 11 is 0. The summed E-state index contributed by atoms with van der Waals surface area (Å²) in [6.07, 6.45) is 2.92. The maximum atomic E-state index is 13.4. The molecular weight excluding hydrogens is 550 g/mol. The summed E-state index contributed by atoms with van der Waals surface area (Å²) in [5.74, 6) is -0.905. The van der Waals surface area contributed by atoms with Crippen molar-refractivity contribution in [3.63, 3.8) is 0 Å². The lowest BCUT2D eigenvalue weighted by atomic mass is 10.0. The van der Waals surface area contributed by atoms with Gasteiger partial charge in [-0.2, -0.15) is 0 Å². The van der Waals surface area contributed by atoms with Gasteiger partial charge in [-0.1, -0.05) is 12.1 Å². The third kappa shape index (κ3) is 7.91. The van der Waals surface area contributed by atoms with Crippen LogP contribution < -0.4 is 20.4 Å². The van der Waals surface area contributed by atoms with Gasteiger partial charge in [-0.15, -0.1) is 0 Å². The first-order valence-corrected chi connectivity index (χ1v) is 13.4. The predicted molar refractivity (Wildman–Crippen MR) is 169 cm³/mol. The van der Waals surface area contributed by atoms with Crippen LogP contribution in [0, 0.1) is 11.6 Å². The Morgan fingerprint density at radius 1 is 0.674 bits per heavy atom. The zero-order valence-electron chi connectivity index (χ0n) is 24.3. The third-order valence-electron chi connectivity index (χ3n) is 6.72. The molecule has 0 fully saturated rings.